The lowest BCUT2D eigenvalue weighted by Crippen LogP contribution is -2.04. The van der Waals surface area contributed by atoms with E-state index in [2.05, 4.69) is 15.3 Å². The van der Waals surface area contributed by atoms with Crippen molar-refractivity contribution in [2.75, 3.05) is 19.5 Å². The van der Waals surface area contributed by atoms with Crippen LogP contribution in [0.4, 0.5) is 5.82 Å². The Labute approximate surface area is 144 Å². The van der Waals surface area contributed by atoms with Gasteiger partial charge >= 0.3 is 0 Å². The Kier molecular flexibility index (Phi) is 4.97. The summed E-state index contributed by atoms with van der Waals surface area (Å²) in [7, 11) is 3.16. The summed E-state index contributed by atoms with van der Waals surface area (Å²) in [6.07, 6.45) is 0.0199. The molecule has 0 saturated carbocycles. The maximum atomic E-state index is 9.15. The second kappa shape index (κ2) is 7.33. The number of ether oxygens (including phenoxy) is 2. The fourth-order valence-electron chi connectivity index (χ4n) is 2.59. The molecule has 3 rings (SSSR count). The second-order valence-electron chi connectivity index (χ2n) is 5.39. The number of aromatic nitrogens is 2. The van der Waals surface area contributed by atoms with Crippen LogP contribution in [0, 0.1) is 0 Å². The SMILES string of the molecule is COc1ccc2ncnc(NCc3ccc(C(O)O)cc3)c2c1OC. The number of anilines is 1. The zero-order chi connectivity index (χ0) is 17.8. The molecule has 0 aliphatic heterocycles. The summed E-state index contributed by atoms with van der Waals surface area (Å²) in [4.78, 5) is 8.58. The van der Waals surface area contributed by atoms with Gasteiger partial charge in [-0.25, -0.2) is 9.97 Å². The number of methoxy groups -OCH3 is 2. The van der Waals surface area contributed by atoms with Crippen molar-refractivity contribution in [3.63, 3.8) is 0 Å². The van der Waals surface area contributed by atoms with Gasteiger partial charge in [0.1, 0.15) is 12.1 Å². The zero-order valence-electron chi connectivity index (χ0n) is 13.9. The van der Waals surface area contributed by atoms with E-state index in [1.54, 1.807) is 32.4 Å². The van der Waals surface area contributed by atoms with E-state index >= 15 is 0 Å². The molecule has 7 nitrogen and oxygen atoms in total. The van der Waals surface area contributed by atoms with Gasteiger partial charge in [0.25, 0.3) is 0 Å². The lowest BCUT2D eigenvalue weighted by atomic mass is 10.1. The van der Waals surface area contributed by atoms with Crippen molar-refractivity contribution < 1.29 is 19.7 Å². The number of aliphatic hydroxyl groups excluding tert-OH is 1. The Hall–Kier alpha value is -2.90. The van der Waals surface area contributed by atoms with Crippen LogP contribution in [-0.4, -0.2) is 34.4 Å². The van der Waals surface area contributed by atoms with Crippen LogP contribution in [0.1, 0.15) is 17.4 Å². The first kappa shape index (κ1) is 16.9. The van der Waals surface area contributed by atoms with Gasteiger partial charge in [-0.1, -0.05) is 24.3 Å². The molecule has 2 aromatic carbocycles. The molecule has 0 atom stereocenters. The third kappa shape index (κ3) is 3.47. The van der Waals surface area contributed by atoms with Gasteiger partial charge in [0.15, 0.2) is 17.8 Å². The first-order valence-corrected chi connectivity index (χ1v) is 7.68. The summed E-state index contributed by atoms with van der Waals surface area (Å²) in [5.74, 6) is 1.81. The second-order valence-corrected chi connectivity index (χ2v) is 5.39. The minimum atomic E-state index is -1.47. The van der Waals surface area contributed by atoms with Gasteiger partial charge in [0.05, 0.1) is 25.1 Å². The van der Waals surface area contributed by atoms with Crippen LogP contribution in [0.3, 0.4) is 0 Å². The predicted molar refractivity (Wildman–Crippen MR) is 93.6 cm³/mol. The van der Waals surface area contributed by atoms with Gasteiger partial charge in [-0.2, -0.15) is 0 Å². The van der Waals surface area contributed by atoms with Gasteiger partial charge in [0.2, 0.25) is 0 Å². The van der Waals surface area contributed by atoms with Crippen LogP contribution in [0.2, 0.25) is 0 Å². The molecule has 7 heteroatoms. The minimum Gasteiger partial charge on any atom is -0.493 e. The maximum Gasteiger partial charge on any atom is 0.178 e. The van der Waals surface area contributed by atoms with Crippen LogP contribution in [0.15, 0.2) is 42.7 Å². The Morgan fingerprint density at radius 1 is 1.00 bits per heavy atom. The van der Waals surface area contributed by atoms with E-state index in [9.17, 15) is 0 Å². The van der Waals surface area contributed by atoms with Crippen LogP contribution in [-0.2, 0) is 6.54 Å². The zero-order valence-corrected chi connectivity index (χ0v) is 13.9. The summed E-state index contributed by atoms with van der Waals surface area (Å²) in [5, 5.41) is 22.3. The van der Waals surface area contributed by atoms with E-state index in [1.807, 2.05) is 18.2 Å². The number of aliphatic hydroxyl groups is 2. The predicted octanol–water partition coefficient (Wildman–Crippen LogP) is 2.24. The normalized spacial score (nSPS) is 10.9. The molecule has 0 aliphatic carbocycles. The number of benzene rings is 2. The molecule has 0 fully saturated rings. The highest BCUT2D eigenvalue weighted by Gasteiger charge is 2.14. The molecule has 130 valence electrons. The quantitative estimate of drug-likeness (QED) is 0.592. The van der Waals surface area contributed by atoms with Gasteiger partial charge in [0, 0.05) is 12.1 Å². The van der Waals surface area contributed by atoms with Crippen molar-refractivity contribution in [1.82, 2.24) is 9.97 Å². The Morgan fingerprint density at radius 3 is 2.40 bits per heavy atom. The number of nitrogens with zero attached hydrogens (tertiary/aromatic N) is 2. The highest BCUT2D eigenvalue weighted by atomic mass is 16.5. The summed E-state index contributed by atoms with van der Waals surface area (Å²) in [6.45, 7) is 0.508. The molecular formula is C18H19N3O4. The largest absolute Gasteiger partial charge is 0.493 e. The molecule has 0 saturated heterocycles. The third-order valence-corrected chi connectivity index (χ3v) is 3.88. The number of hydrogen-bond acceptors (Lipinski definition) is 7. The lowest BCUT2D eigenvalue weighted by Gasteiger charge is -2.14. The van der Waals surface area contributed by atoms with E-state index in [-0.39, 0.29) is 0 Å². The number of hydrogen-bond donors (Lipinski definition) is 3. The average Bonchev–Trinajstić information content (AvgIpc) is 2.65. The fourth-order valence-corrected chi connectivity index (χ4v) is 2.59. The van der Waals surface area contributed by atoms with Crippen LogP contribution >= 0.6 is 0 Å². The molecule has 0 bridgehead atoms. The molecule has 25 heavy (non-hydrogen) atoms. The average molecular weight is 341 g/mol. The van der Waals surface area contributed by atoms with Gasteiger partial charge < -0.3 is 25.0 Å². The standard InChI is InChI=1S/C18H19N3O4/c1-24-14-8-7-13-15(16(14)25-2)17(21-10-20-13)19-9-11-3-5-12(6-4-11)18(22)23/h3-8,10,18,22-23H,9H2,1-2H3,(H,19,20,21). The van der Waals surface area contributed by atoms with Crippen molar-refractivity contribution in [3.05, 3.63) is 53.9 Å². The Morgan fingerprint density at radius 2 is 1.76 bits per heavy atom. The third-order valence-electron chi connectivity index (χ3n) is 3.88. The smallest absolute Gasteiger partial charge is 0.178 e. The topological polar surface area (TPSA) is 96.7 Å². The van der Waals surface area contributed by atoms with E-state index in [0.717, 1.165) is 16.5 Å². The van der Waals surface area contributed by atoms with E-state index < -0.39 is 6.29 Å². The maximum absolute atomic E-state index is 9.15. The Bertz CT molecular complexity index is 866. The molecular weight excluding hydrogens is 322 g/mol. The molecule has 3 N–H and O–H groups in total. The Balaban J connectivity index is 1.90. The molecule has 3 aromatic rings. The van der Waals surface area contributed by atoms with Gasteiger partial charge in [-0.05, 0) is 17.7 Å². The van der Waals surface area contributed by atoms with Crippen LogP contribution in [0.25, 0.3) is 10.9 Å². The summed E-state index contributed by atoms with van der Waals surface area (Å²) in [5.41, 5.74) is 2.16. The van der Waals surface area contributed by atoms with Crippen molar-refractivity contribution in [2.45, 2.75) is 12.8 Å². The number of rotatable bonds is 6. The van der Waals surface area contributed by atoms with Crippen molar-refractivity contribution in [1.29, 1.82) is 0 Å². The first-order valence-electron chi connectivity index (χ1n) is 7.68. The van der Waals surface area contributed by atoms with E-state index in [0.29, 0.717) is 29.4 Å². The lowest BCUT2D eigenvalue weighted by molar-refractivity contribution is -0.0424. The van der Waals surface area contributed by atoms with E-state index in [1.165, 1.54) is 6.33 Å². The first-order chi connectivity index (χ1) is 12.1. The minimum absolute atomic E-state index is 0.447. The number of fused-ring (bicyclic) bond motifs is 1. The highest BCUT2D eigenvalue weighted by Crippen LogP contribution is 2.37. The van der Waals surface area contributed by atoms with Crippen molar-refractivity contribution in [2.24, 2.45) is 0 Å². The fraction of sp³-hybridized carbons (Fsp3) is 0.222. The summed E-state index contributed by atoms with van der Waals surface area (Å²) in [6, 6.07) is 10.6. The van der Waals surface area contributed by atoms with E-state index in [4.69, 9.17) is 19.7 Å². The molecule has 0 spiro atoms. The molecule has 1 aromatic heterocycles. The molecule has 0 unspecified atom stereocenters. The molecule has 0 radical (unpaired) electrons. The van der Waals surface area contributed by atoms with Gasteiger partial charge in [-0.15, -0.1) is 0 Å². The molecule has 0 amide bonds. The van der Waals surface area contributed by atoms with Crippen LogP contribution < -0.4 is 14.8 Å². The monoisotopic (exact) mass is 341 g/mol. The number of nitrogens with one attached hydrogen (secondary N) is 1. The summed E-state index contributed by atoms with van der Waals surface area (Å²) < 4.78 is 10.8. The highest BCUT2D eigenvalue weighted by molar-refractivity contribution is 5.96. The van der Waals surface area contributed by atoms with Crippen LogP contribution in [0.5, 0.6) is 11.5 Å². The molecule has 0 aliphatic rings. The summed E-state index contributed by atoms with van der Waals surface area (Å²) >= 11 is 0. The molecule has 1 heterocycles. The van der Waals surface area contributed by atoms with Crippen molar-refractivity contribution >= 4 is 16.7 Å². The van der Waals surface area contributed by atoms with Gasteiger partial charge in [-0.3, -0.25) is 0 Å². The van der Waals surface area contributed by atoms with Crippen molar-refractivity contribution in [3.8, 4) is 11.5 Å².